The van der Waals surface area contributed by atoms with Crippen LogP contribution in [0, 0.1) is 0 Å². The number of amides is 1. The first-order valence-electron chi connectivity index (χ1n) is 9.08. The zero-order chi connectivity index (χ0) is 18.7. The molecule has 0 atom stereocenters. The Labute approximate surface area is 153 Å². The Morgan fingerprint density at radius 1 is 1.27 bits per heavy atom. The molecule has 3 rings (SSSR count). The van der Waals surface area contributed by atoms with Crippen molar-refractivity contribution in [3.05, 3.63) is 42.2 Å². The lowest BCUT2D eigenvalue weighted by Gasteiger charge is -2.10. The van der Waals surface area contributed by atoms with Gasteiger partial charge in [0.15, 0.2) is 5.82 Å². The third kappa shape index (κ3) is 4.12. The minimum absolute atomic E-state index is 0.00478. The Bertz CT molecular complexity index is 902. The molecular weight excluding hydrogens is 328 g/mol. The van der Waals surface area contributed by atoms with Gasteiger partial charge in [0.05, 0.1) is 0 Å². The van der Waals surface area contributed by atoms with Gasteiger partial charge >= 0.3 is 0 Å². The summed E-state index contributed by atoms with van der Waals surface area (Å²) in [6.07, 6.45) is 3.76. The number of anilines is 1. The summed E-state index contributed by atoms with van der Waals surface area (Å²) in [7, 11) is 0. The Morgan fingerprint density at radius 3 is 2.77 bits per heavy atom. The summed E-state index contributed by atoms with van der Waals surface area (Å²) in [4.78, 5) is 16.6. The molecule has 0 aliphatic heterocycles. The predicted molar refractivity (Wildman–Crippen MR) is 102 cm³/mol. The van der Waals surface area contributed by atoms with E-state index in [9.17, 15) is 4.79 Å². The second kappa shape index (κ2) is 7.32. The molecule has 1 N–H and O–H groups in total. The molecule has 0 saturated heterocycles. The molecule has 26 heavy (non-hydrogen) atoms. The van der Waals surface area contributed by atoms with Crippen LogP contribution in [0.1, 0.15) is 52.3 Å². The van der Waals surface area contributed by atoms with E-state index in [1.165, 1.54) is 5.52 Å². The minimum Gasteiger partial charge on any atom is -0.348 e. The number of benzene rings is 1. The lowest BCUT2D eigenvalue weighted by molar-refractivity contribution is -0.116. The fraction of sp³-hybridized carbons (Fsp3) is 0.450. The van der Waals surface area contributed by atoms with E-state index >= 15 is 0 Å². The van der Waals surface area contributed by atoms with E-state index < -0.39 is 0 Å². The summed E-state index contributed by atoms with van der Waals surface area (Å²) < 4.78 is 7.43. The summed E-state index contributed by atoms with van der Waals surface area (Å²) in [5.74, 6) is 1.28. The molecule has 6 heteroatoms. The van der Waals surface area contributed by atoms with Gasteiger partial charge in [0, 0.05) is 47.6 Å². The molecule has 0 aliphatic carbocycles. The summed E-state index contributed by atoms with van der Waals surface area (Å²) in [5, 5.41) is 8.09. The Hall–Kier alpha value is -2.63. The molecule has 0 unspecified atom stereocenters. The summed E-state index contributed by atoms with van der Waals surface area (Å²) in [5.41, 5.74) is 1.87. The molecular formula is C20H26N4O2. The smallest absolute Gasteiger partial charge is 0.226 e. The van der Waals surface area contributed by atoms with E-state index in [1.807, 2.05) is 39.0 Å². The molecule has 0 spiro atoms. The highest BCUT2D eigenvalue weighted by molar-refractivity contribution is 5.93. The summed E-state index contributed by atoms with van der Waals surface area (Å²) in [6.45, 7) is 9.17. The SMILES string of the molecule is CCn1ccc2cc(NC(=O)CCCc3nc(C(C)(C)C)no3)ccc21. The van der Waals surface area contributed by atoms with Crippen molar-refractivity contribution in [1.82, 2.24) is 14.7 Å². The molecule has 2 heterocycles. The van der Waals surface area contributed by atoms with Gasteiger partial charge in [-0.1, -0.05) is 25.9 Å². The van der Waals surface area contributed by atoms with Crippen molar-refractivity contribution in [2.75, 3.05) is 5.32 Å². The zero-order valence-corrected chi connectivity index (χ0v) is 15.9. The van der Waals surface area contributed by atoms with Crippen LogP contribution in [0.5, 0.6) is 0 Å². The van der Waals surface area contributed by atoms with E-state index in [4.69, 9.17) is 4.52 Å². The highest BCUT2D eigenvalue weighted by Gasteiger charge is 2.20. The van der Waals surface area contributed by atoms with Crippen LogP contribution in [0.15, 0.2) is 35.0 Å². The normalized spacial score (nSPS) is 11.8. The number of hydrogen-bond donors (Lipinski definition) is 1. The van der Waals surface area contributed by atoms with Gasteiger partial charge in [-0.25, -0.2) is 0 Å². The largest absolute Gasteiger partial charge is 0.348 e. The second-order valence-electron chi connectivity index (χ2n) is 7.54. The van der Waals surface area contributed by atoms with Gasteiger partial charge < -0.3 is 14.4 Å². The topological polar surface area (TPSA) is 73.0 Å². The highest BCUT2D eigenvalue weighted by Crippen LogP contribution is 2.21. The number of fused-ring (bicyclic) bond motifs is 1. The summed E-state index contributed by atoms with van der Waals surface area (Å²) in [6, 6.07) is 8.06. The first-order valence-corrected chi connectivity index (χ1v) is 9.08. The van der Waals surface area contributed by atoms with E-state index in [0.29, 0.717) is 31.0 Å². The number of carbonyl (C=O) groups is 1. The molecule has 0 radical (unpaired) electrons. The number of aromatic nitrogens is 3. The van der Waals surface area contributed by atoms with Crippen molar-refractivity contribution >= 4 is 22.5 Å². The van der Waals surface area contributed by atoms with Crippen molar-refractivity contribution in [1.29, 1.82) is 0 Å². The number of carbonyl (C=O) groups excluding carboxylic acids is 1. The zero-order valence-electron chi connectivity index (χ0n) is 15.9. The van der Waals surface area contributed by atoms with Gasteiger partial charge in [0.2, 0.25) is 11.8 Å². The fourth-order valence-corrected chi connectivity index (χ4v) is 2.84. The number of rotatable bonds is 6. The van der Waals surface area contributed by atoms with Crippen molar-refractivity contribution in [2.45, 2.75) is 58.9 Å². The average molecular weight is 354 g/mol. The third-order valence-electron chi connectivity index (χ3n) is 4.33. The van der Waals surface area contributed by atoms with Crippen LogP contribution in [0.3, 0.4) is 0 Å². The van der Waals surface area contributed by atoms with Crippen LogP contribution in [0.25, 0.3) is 10.9 Å². The number of nitrogens with zero attached hydrogens (tertiary/aromatic N) is 3. The highest BCUT2D eigenvalue weighted by atomic mass is 16.5. The van der Waals surface area contributed by atoms with Crippen molar-refractivity contribution in [3.63, 3.8) is 0 Å². The van der Waals surface area contributed by atoms with E-state index in [-0.39, 0.29) is 11.3 Å². The predicted octanol–water partition coefficient (Wildman–Crippen LogP) is 4.30. The van der Waals surface area contributed by atoms with Gasteiger partial charge in [-0.15, -0.1) is 0 Å². The van der Waals surface area contributed by atoms with Crippen LogP contribution in [-0.4, -0.2) is 20.6 Å². The standard InChI is InChI=1S/C20H26N4O2/c1-5-24-12-11-14-13-15(9-10-16(14)24)21-17(25)7-6-8-18-22-19(23-26-18)20(2,3)4/h9-13H,5-8H2,1-4H3,(H,21,25). The van der Waals surface area contributed by atoms with E-state index in [2.05, 4.69) is 39.2 Å². The quantitative estimate of drug-likeness (QED) is 0.716. The van der Waals surface area contributed by atoms with Crippen LogP contribution in [0.4, 0.5) is 5.69 Å². The molecule has 2 aromatic heterocycles. The van der Waals surface area contributed by atoms with Crippen molar-refractivity contribution in [3.8, 4) is 0 Å². The van der Waals surface area contributed by atoms with Crippen molar-refractivity contribution < 1.29 is 9.32 Å². The Morgan fingerprint density at radius 2 is 2.08 bits per heavy atom. The fourth-order valence-electron chi connectivity index (χ4n) is 2.84. The van der Waals surface area contributed by atoms with Crippen LogP contribution >= 0.6 is 0 Å². The monoisotopic (exact) mass is 354 g/mol. The van der Waals surface area contributed by atoms with E-state index in [0.717, 1.165) is 17.6 Å². The summed E-state index contributed by atoms with van der Waals surface area (Å²) >= 11 is 0. The lowest BCUT2D eigenvalue weighted by atomic mass is 9.96. The first kappa shape index (κ1) is 18.2. The Kier molecular flexibility index (Phi) is 5.11. The molecule has 3 aromatic rings. The first-order chi connectivity index (χ1) is 12.4. The molecule has 0 aliphatic rings. The minimum atomic E-state index is -0.130. The molecule has 1 amide bonds. The average Bonchev–Trinajstić information content (AvgIpc) is 3.20. The number of aryl methyl sites for hydroxylation is 2. The second-order valence-corrected chi connectivity index (χ2v) is 7.54. The van der Waals surface area contributed by atoms with Crippen molar-refractivity contribution in [2.24, 2.45) is 0 Å². The number of nitrogens with one attached hydrogen (secondary N) is 1. The molecule has 0 fully saturated rings. The van der Waals surface area contributed by atoms with E-state index in [1.54, 1.807) is 0 Å². The molecule has 0 saturated carbocycles. The molecule has 138 valence electrons. The molecule has 1 aromatic carbocycles. The van der Waals surface area contributed by atoms with Gasteiger partial charge in [-0.05, 0) is 37.6 Å². The maximum absolute atomic E-state index is 12.2. The number of hydrogen-bond acceptors (Lipinski definition) is 4. The van der Waals surface area contributed by atoms with Gasteiger partial charge in [-0.2, -0.15) is 4.98 Å². The van der Waals surface area contributed by atoms with Crippen LogP contribution in [0.2, 0.25) is 0 Å². The van der Waals surface area contributed by atoms with Crippen LogP contribution < -0.4 is 5.32 Å². The van der Waals surface area contributed by atoms with Crippen LogP contribution in [-0.2, 0) is 23.2 Å². The van der Waals surface area contributed by atoms with Gasteiger partial charge in [0.1, 0.15) is 0 Å². The maximum atomic E-state index is 12.2. The molecule has 6 nitrogen and oxygen atoms in total. The molecule has 0 bridgehead atoms. The lowest BCUT2D eigenvalue weighted by Crippen LogP contribution is -2.13. The van der Waals surface area contributed by atoms with Gasteiger partial charge in [0.25, 0.3) is 0 Å². The van der Waals surface area contributed by atoms with Gasteiger partial charge in [-0.3, -0.25) is 4.79 Å². The third-order valence-corrected chi connectivity index (χ3v) is 4.33. The maximum Gasteiger partial charge on any atom is 0.226 e. The Balaban J connectivity index is 1.52.